The Balaban J connectivity index is 1.78. The van der Waals surface area contributed by atoms with E-state index in [1.807, 2.05) is 31.2 Å². The van der Waals surface area contributed by atoms with Crippen LogP contribution in [0.4, 0.5) is 0 Å². The van der Waals surface area contributed by atoms with Crippen molar-refractivity contribution in [2.45, 2.75) is 39.7 Å². The number of methoxy groups -OCH3 is 1. The maximum atomic E-state index is 12.8. The second kappa shape index (κ2) is 11.4. The molecule has 7 heteroatoms. The third kappa shape index (κ3) is 5.91. The third-order valence-electron chi connectivity index (χ3n) is 5.39. The van der Waals surface area contributed by atoms with Crippen molar-refractivity contribution in [3.8, 4) is 17.2 Å². The van der Waals surface area contributed by atoms with Crippen LogP contribution in [0.15, 0.2) is 54.6 Å². The summed E-state index contributed by atoms with van der Waals surface area (Å²) < 4.78 is 11.4. The van der Waals surface area contributed by atoms with E-state index in [4.69, 9.17) is 32.7 Å². The lowest BCUT2D eigenvalue weighted by atomic mass is 10.0. The Bertz CT molecular complexity index is 1190. The molecule has 0 saturated carbocycles. The van der Waals surface area contributed by atoms with Gasteiger partial charge in [0.1, 0.15) is 11.5 Å². The van der Waals surface area contributed by atoms with Gasteiger partial charge in [0.15, 0.2) is 11.5 Å². The molecule has 34 heavy (non-hydrogen) atoms. The van der Waals surface area contributed by atoms with Gasteiger partial charge in [0.25, 0.3) is 5.91 Å². The Morgan fingerprint density at radius 2 is 1.71 bits per heavy atom. The number of carbonyl (C=O) groups is 2. The van der Waals surface area contributed by atoms with Crippen LogP contribution in [0, 0.1) is 0 Å². The molecule has 3 aromatic carbocycles. The van der Waals surface area contributed by atoms with Crippen molar-refractivity contribution >= 4 is 34.9 Å². The van der Waals surface area contributed by atoms with Gasteiger partial charge in [-0.25, -0.2) is 0 Å². The monoisotopic (exact) mass is 499 g/mol. The van der Waals surface area contributed by atoms with Crippen molar-refractivity contribution in [2.24, 2.45) is 0 Å². The average molecular weight is 500 g/mol. The molecular formula is C27H27Cl2NO4. The molecule has 1 N–H and O–H groups in total. The SMILES string of the molecule is CCC(=O)c1ccc(CNC(=O)c2ccc(Cl)c(Oc3ccc(OC)c(C(C)C)c3)c2Cl)cc1. The van der Waals surface area contributed by atoms with Crippen molar-refractivity contribution in [3.63, 3.8) is 0 Å². The van der Waals surface area contributed by atoms with Crippen molar-refractivity contribution in [1.29, 1.82) is 0 Å². The summed E-state index contributed by atoms with van der Waals surface area (Å²) in [7, 11) is 1.62. The largest absolute Gasteiger partial charge is 0.496 e. The topological polar surface area (TPSA) is 64.6 Å². The number of ketones is 1. The molecule has 178 valence electrons. The minimum absolute atomic E-state index is 0.0773. The lowest BCUT2D eigenvalue weighted by molar-refractivity contribution is 0.0948. The molecule has 1 amide bonds. The van der Waals surface area contributed by atoms with Gasteiger partial charge in [0, 0.05) is 24.1 Å². The number of Topliss-reactive ketones (excluding diaryl/α,β-unsaturated/α-hetero) is 1. The molecule has 0 saturated heterocycles. The Kier molecular flexibility index (Phi) is 8.59. The number of amides is 1. The first-order valence-corrected chi connectivity index (χ1v) is 11.7. The van der Waals surface area contributed by atoms with Crippen LogP contribution in [0.5, 0.6) is 17.2 Å². The molecule has 0 heterocycles. The van der Waals surface area contributed by atoms with Crippen LogP contribution >= 0.6 is 23.2 Å². The fourth-order valence-electron chi connectivity index (χ4n) is 3.44. The third-order valence-corrected chi connectivity index (χ3v) is 6.06. The molecule has 5 nitrogen and oxygen atoms in total. The van der Waals surface area contributed by atoms with E-state index in [0.29, 0.717) is 22.8 Å². The fourth-order valence-corrected chi connectivity index (χ4v) is 3.97. The minimum atomic E-state index is -0.363. The van der Waals surface area contributed by atoms with Crippen LogP contribution in [-0.4, -0.2) is 18.8 Å². The van der Waals surface area contributed by atoms with E-state index in [0.717, 1.165) is 16.9 Å². The van der Waals surface area contributed by atoms with Crippen LogP contribution in [0.25, 0.3) is 0 Å². The van der Waals surface area contributed by atoms with Gasteiger partial charge in [-0.15, -0.1) is 0 Å². The summed E-state index contributed by atoms with van der Waals surface area (Å²) in [4.78, 5) is 24.6. The van der Waals surface area contributed by atoms with E-state index in [1.165, 1.54) is 0 Å². The standard InChI is InChI=1S/C27H27Cl2NO4/c1-5-23(31)18-8-6-17(7-9-18)15-30-27(32)20-11-12-22(28)26(25(20)29)34-19-10-13-24(33-4)21(14-19)16(2)3/h6-14,16H,5,15H2,1-4H3,(H,30,32). The normalized spacial score (nSPS) is 10.8. The molecular weight excluding hydrogens is 473 g/mol. The second-order valence-electron chi connectivity index (χ2n) is 8.05. The zero-order chi connectivity index (χ0) is 24.8. The van der Waals surface area contributed by atoms with Gasteiger partial charge in [-0.05, 0) is 41.8 Å². The summed E-state index contributed by atoms with van der Waals surface area (Å²) in [6.45, 7) is 6.22. The highest BCUT2D eigenvalue weighted by Crippen LogP contribution is 2.40. The summed E-state index contributed by atoms with van der Waals surface area (Å²) in [6, 6.07) is 15.7. The van der Waals surface area contributed by atoms with Crippen LogP contribution in [0.3, 0.4) is 0 Å². The smallest absolute Gasteiger partial charge is 0.253 e. The summed E-state index contributed by atoms with van der Waals surface area (Å²) in [5.41, 5.74) is 2.74. The molecule has 3 rings (SSSR count). The highest BCUT2D eigenvalue weighted by molar-refractivity contribution is 6.39. The zero-order valence-electron chi connectivity index (χ0n) is 19.6. The van der Waals surface area contributed by atoms with Gasteiger partial charge >= 0.3 is 0 Å². The molecule has 0 aromatic heterocycles. The maximum Gasteiger partial charge on any atom is 0.253 e. The highest BCUT2D eigenvalue weighted by atomic mass is 35.5. The van der Waals surface area contributed by atoms with Crippen molar-refractivity contribution in [2.75, 3.05) is 7.11 Å². The van der Waals surface area contributed by atoms with Gasteiger partial charge in [0.2, 0.25) is 0 Å². The molecule has 3 aromatic rings. The first kappa shape index (κ1) is 25.6. The molecule has 0 bridgehead atoms. The molecule has 0 aliphatic rings. The zero-order valence-corrected chi connectivity index (χ0v) is 21.1. The van der Waals surface area contributed by atoms with E-state index in [9.17, 15) is 9.59 Å². The Morgan fingerprint density at radius 3 is 2.32 bits per heavy atom. The number of hydrogen-bond acceptors (Lipinski definition) is 4. The van der Waals surface area contributed by atoms with Crippen LogP contribution < -0.4 is 14.8 Å². The molecule has 0 unspecified atom stereocenters. The number of ether oxygens (including phenoxy) is 2. The van der Waals surface area contributed by atoms with Crippen LogP contribution in [-0.2, 0) is 6.54 Å². The maximum absolute atomic E-state index is 12.8. The summed E-state index contributed by atoms with van der Waals surface area (Å²) >= 11 is 12.9. The predicted octanol–water partition coefficient (Wildman–Crippen LogP) is 7.44. The van der Waals surface area contributed by atoms with Gasteiger partial charge in [-0.1, -0.05) is 68.2 Å². The summed E-state index contributed by atoms with van der Waals surface area (Å²) in [5.74, 6) is 1.44. The molecule has 0 aliphatic carbocycles. The van der Waals surface area contributed by atoms with E-state index in [2.05, 4.69) is 19.2 Å². The number of halogens is 2. The van der Waals surface area contributed by atoms with Crippen molar-refractivity contribution in [3.05, 3.63) is 86.9 Å². The Hall–Kier alpha value is -3.02. The first-order valence-electron chi connectivity index (χ1n) is 11.0. The number of carbonyl (C=O) groups excluding carboxylic acids is 2. The van der Waals surface area contributed by atoms with Crippen LogP contribution in [0.1, 0.15) is 65.0 Å². The minimum Gasteiger partial charge on any atom is -0.496 e. The van der Waals surface area contributed by atoms with Crippen molar-refractivity contribution in [1.82, 2.24) is 5.32 Å². The summed E-state index contributed by atoms with van der Waals surface area (Å²) in [6.07, 6.45) is 0.449. The highest BCUT2D eigenvalue weighted by Gasteiger charge is 2.19. The molecule has 0 fully saturated rings. The van der Waals surface area contributed by atoms with Gasteiger partial charge < -0.3 is 14.8 Å². The Labute approximate surface area is 210 Å². The van der Waals surface area contributed by atoms with E-state index >= 15 is 0 Å². The molecule has 0 spiro atoms. The van der Waals surface area contributed by atoms with Gasteiger partial charge in [-0.3, -0.25) is 9.59 Å². The predicted molar refractivity (Wildman–Crippen MR) is 136 cm³/mol. The first-order chi connectivity index (χ1) is 16.2. The molecule has 0 atom stereocenters. The molecule has 0 aliphatic heterocycles. The second-order valence-corrected chi connectivity index (χ2v) is 8.84. The number of hydrogen-bond donors (Lipinski definition) is 1. The summed E-state index contributed by atoms with van der Waals surface area (Å²) in [5, 5.41) is 3.26. The van der Waals surface area contributed by atoms with Crippen molar-refractivity contribution < 1.29 is 19.1 Å². The van der Waals surface area contributed by atoms with E-state index < -0.39 is 0 Å². The van der Waals surface area contributed by atoms with E-state index in [-0.39, 0.29) is 40.5 Å². The van der Waals surface area contributed by atoms with Crippen LogP contribution in [0.2, 0.25) is 10.0 Å². The lowest BCUT2D eigenvalue weighted by Gasteiger charge is -2.16. The number of rotatable bonds is 9. The van der Waals surface area contributed by atoms with Gasteiger partial charge in [0.05, 0.1) is 22.7 Å². The van der Waals surface area contributed by atoms with Gasteiger partial charge in [-0.2, -0.15) is 0 Å². The average Bonchev–Trinajstić information content (AvgIpc) is 2.84. The van der Waals surface area contributed by atoms with E-state index in [1.54, 1.807) is 37.4 Å². The quantitative estimate of drug-likeness (QED) is 0.310. The fraction of sp³-hybridized carbons (Fsp3) is 0.259. The lowest BCUT2D eigenvalue weighted by Crippen LogP contribution is -2.23. The number of nitrogens with one attached hydrogen (secondary N) is 1. The Morgan fingerprint density at radius 1 is 1.00 bits per heavy atom. The molecule has 0 radical (unpaired) electrons. The number of benzene rings is 3.